The highest BCUT2D eigenvalue weighted by atomic mass is 16.5. The lowest BCUT2D eigenvalue weighted by molar-refractivity contribution is -0.141. The number of amides is 4. The monoisotopic (exact) mass is 579 g/mol. The van der Waals surface area contributed by atoms with E-state index in [1.807, 2.05) is 62.4 Å². The van der Waals surface area contributed by atoms with Crippen LogP contribution >= 0.6 is 0 Å². The molecule has 226 valence electrons. The van der Waals surface area contributed by atoms with E-state index < -0.39 is 36.4 Å². The highest BCUT2D eigenvalue weighted by Crippen LogP contribution is 2.26. The van der Waals surface area contributed by atoms with Gasteiger partial charge in [0.2, 0.25) is 17.7 Å². The lowest BCUT2D eigenvalue weighted by Gasteiger charge is -2.29. The molecule has 0 saturated carbocycles. The van der Waals surface area contributed by atoms with Crippen molar-refractivity contribution in [2.24, 2.45) is 5.92 Å². The maximum absolute atomic E-state index is 13.7. The normalized spacial score (nSPS) is 24.1. The van der Waals surface area contributed by atoms with Crippen LogP contribution in [0.25, 0.3) is 0 Å². The van der Waals surface area contributed by atoms with Gasteiger partial charge in [-0.2, -0.15) is 0 Å². The molecule has 4 atom stereocenters. The first kappa shape index (κ1) is 31.0. The average molecular weight is 580 g/mol. The van der Waals surface area contributed by atoms with Gasteiger partial charge in [0.15, 0.2) is 6.61 Å². The number of carbonyl (C=O) groups is 4. The van der Waals surface area contributed by atoms with Crippen LogP contribution in [0.1, 0.15) is 37.3 Å². The summed E-state index contributed by atoms with van der Waals surface area (Å²) in [4.78, 5) is 54.5. The number of hydrogen-bond acceptors (Lipinski definition) is 7. The van der Waals surface area contributed by atoms with E-state index >= 15 is 0 Å². The molecule has 42 heavy (non-hydrogen) atoms. The Bertz CT molecular complexity index is 1240. The predicted molar refractivity (Wildman–Crippen MR) is 157 cm³/mol. The van der Waals surface area contributed by atoms with Crippen molar-refractivity contribution in [1.82, 2.24) is 26.2 Å². The van der Waals surface area contributed by atoms with Crippen molar-refractivity contribution in [2.75, 3.05) is 39.4 Å². The third-order valence-electron chi connectivity index (χ3n) is 7.57. The maximum Gasteiger partial charge on any atom is 0.258 e. The van der Waals surface area contributed by atoms with Gasteiger partial charge in [-0.25, -0.2) is 0 Å². The minimum Gasteiger partial charge on any atom is -0.484 e. The molecule has 1 fully saturated rings. The number of carbonyl (C=O) groups excluding carboxylic acids is 4. The van der Waals surface area contributed by atoms with Crippen molar-refractivity contribution in [3.63, 3.8) is 0 Å². The maximum atomic E-state index is 13.7. The highest BCUT2D eigenvalue weighted by molar-refractivity contribution is 5.93. The van der Waals surface area contributed by atoms with E-state index in [0.717, 1.165) is 11.1 Å². The van der Waals surface area contributed by atoms with Gasteiger partial charge in [0.1, 0.15) is 17.8 Å². The number of nitrogens with one attached hydrogen (secondary N) is 4. The van der Waals surface area contributed by atoms with Crippen molar-refractivity contribution in [3.8, 4) is 5.75 Å². The topological polar surface area (TPSA) is 149 Å². The van der Waals surface area contributed by atoms with Crippen LogP contribution in [0.3, 0.4) is 0 Å². The lowest BCUT2D eigenvalue weighted by Crippen LogP contribution is -2.56. The molecule has 5 N–H and O–H groups in total. The fourth-order valence-electron chi connectivity index (χ4n) is 5.24. The number of nitrogens with zero attached hydrogens (tertiary/aromatic N) is 1. The van der Waals surface area contributed by atoms with E-state index in [9.17, 15) is 24.3 Å². The first-order valence-corrected chi connectivity index (χ1v) is 14.5. The van der Waals surface area contributed by atoms with Crippen molar-refractivity contribution >= 4 is 23.6 Å². The van der Waals surface area contributed by atoms with E-state index in [1.165, 1.54) is 4.90 Å². The molecule has 0 unspecified atom stereocenters. The molecule has 0 radical (unpaired) electrons. The molecule has 4 rings (SSSR count). The Hall–Kier alpha value is -3.96. The lowest BCUT2D eigenvalue weighted by atomic mass is 9.93. The molecule has 1 saturated heterocycles. The van der Waals surface area contributed by atoms with E-state index in [0.29, 0.717) is 25.3 Å². The highest BCUT2D eigenvalue weighted by Gasteiger charge is 2.33. The van der Waals surface area contributed by atoms with Crippen molar-refractivity contribution in [1.29, 1.82) is 0 Å². The van der Waals surface area contributed by atoms with Crippen molar-refractivity contribution in [2.45, 2.75) is 50.7 Å². The number of aliphatic hydroxyl groups is 1. The van der Waals surface area contributed by atoms with Gasteiger partial charge in [-0.05, 0) is 35.6 Å². The molecule has 11 nitrogen and oxygen atoms in total. The second-order valence-electron chi connectivity index (χ2n) is 11.3. The second kappa shape index (κ2) is 14.8. The molecule has 0 aromatic heterocycles. The predicted octanol–water partition coefficient (Wildman–Crippen LogP) is 0.330. The van der Waals surface area contributed by atoms with Crippen LogP contribution in [-0.2, 0) is 25.6 Å². The molecular formula is C31H41N5O6. The number of hydrogen-bond donors (Lipinski definition) is 5. The molecule has 0 spiro atoms. The first-order valence-electron chi connectivity index (χ1n) is 14.5. The number of benzene rings is 2. The number of rotatable bonds is 6. The van der Waals surface area contributed by atoms with Gasteiger partial charge >= 0.3 is 0 Å². The third-order valence-corrected chi connectivity index (χ3v) is 7.57. The molecule has 2 aromatic carbocycles. The molecule has 2 aliphatic heterocycles. The van der Waals surface area contributed by atoms with E-state index in [-0.39, 0.29) is 49.9 Å². The van der Waals surface area contributed by atoms with Crippen LogP contribution < -0.4 is 26.0 Å². The Morgan fingerprint density at radius 1 is 0.929 bits per heavy atom. The first-order chi connectivity index (χ1) is 20.2. The Balaban J connectivity index is 1.65. The number of ether oxygens (including phenoxy) is 1. The number of aliphatic hydroxyl groups excluding tert-OH is 1. The van der Waals surface area contributed by atoms with Crippen molar-refractivity contribution < 1.29 is 29.0 Å². The van der Waals surface area contributed by atoms with Gasteiger partial charge < -0.3 is 36.0 Å². The van der Waals surface area contributed by atoms with Crippen molar-refractivity contribution in [3.05, 3.63) is 65.7 Å². The zero-order valence-electron chi connectivity index (χ0n) is 24.2. The van der Waals surface area contributed by atoms with Crippen LogP contribution in [0.15, 0.2) is 54.6 Å². The SMILES string of the molecule is CC(C)CCN1CC(=O)N[C@@H](Cc2ccccc2)C(=O)N[C@@H]2CNC[C@H]2c2cccc(c2)OCC(=O)N[C@@H](CO)C1=O. The molecule has 2 heterocycles. The van der Waals surface area contributed by atoms with Crippen LogP contribution in [0.5, 0.6) is 5.75 Å². The van der Waals surface area contributed by atoms with Gasteiger partial charge in [-0.1, -0.05) is 56.3 Å². The van der Waals surface area contributed by atoms with Crippen LogP contribution in [-0.4, -0.2) is 91.2 Å². The summed E-state index contributed by atoms with van der Waals surface area (Å²) < 4.78 is 5.72. The van der Waals surface area contributed by atoms with Gasteiger partial charge in [-0.15, -0.1) is 0 Å². The fourth-order valence-corrected chi connectivity index (χ4v) is 5.24. The molecule has 4 amide bonds. The zero-order valence-corrected chi connectivity index (χ0v) is 24.2. The largest absolute Gasteiger partial charge is 0.484 e. The van der Waals surface area contributed by atoms with Gasteiger partial charge in [-0.3, -0.25) is 19.2 Å². The molecular weight excluding hydrogens is 538 g/mol. The van der Waals surface area contributed by atoms with Gasteiger partial charge in [0.25, 0.3) is 5.91 Å². The summed E-state index contributed by atoms with van der Waals surface area (Å²) in [6.45, 7) is 4.09. The summed E-state index contributed by atoms with van der Waals surface area (Å²) >= 11 is 0. The van der Waals surface area contributed by atoms with Gasteiger partial charge in [0.05, 0.1) is 13.2 Å². The Morgan fingerprint density at radius 2 is 1.69 bits per heavy atom. The molecule has 2 bridgehead atoms. The standard InChI is InChI=1S/C31H41N5O6/c1-20(2)11-12-36-17-28(38)33-25(13-21-7-4-3-5-8-21)30(40)35-26-16-32-15-24(26)22-9-6-10-23(14-22)42-19-29(39)34-27(18-37)31(36)41/h3-10,14,20,24-27,32,37H,11-13,15-19H2,1-2H3,(H,33,38)(H,34,39)(H,35,40)/t24-,25-,26+,27-/m0/s1. The Morgan fingerprint density at radius 3 is 2.43 bits per heavy atom. The Labute approximate surface area is 246 Å². The average Bonchev–Trinajstić information content (AvgIpc) is 3.44. The fraction of sp³-hybridized carbons (Fsp3) is 0.484. The minimum absolute atomic E-state index is 0.0544. The van der Waals surface area contributed by atoms with Crippen LogP contribution in [0.2, 0.25) is 0 Å². The molecule has 2 aliphatic rings. The Kier molecular flexibility index (Phi) is 10.9. The summed E-state index contributed by atoms with van der Waals surface area (Å²) in [5.74, 6) is -1.33. The smallest absolute Gasteiger partial charge is 0.258 e. The summed E-state index contributed by atoms with van der Waals surface area (Å²) in [7, 11) is 0. The van der Waals surface area contributed by atoms with E-state index in [1.54, 1.807) is 6.07 Å². The summed E-state index contributed by atoms with van der Waals surface area (Å²) in [5.41, 5.74) is 1.80. The summed E-state index contributed by atoms with van der Waals surface area (Å²) in [5, 5.41) is 21.8. The van der Waals surface area contributed by atoms with Crippen LogP contribution in [0, 0.1) is 5.92 Å². The number of fused-ring (bicyclic) bond motifs is 4. The summed E-state index contributed by atoms with van der Waals surface area (Å²) in [6.07, 6.45) is 0.871. The van der Waals surface area contributed by atoms with E-state index in [4.69, 9.17) is 4.74 Å². The molecule has 11 heteroatoms. The quantitative estimate of drug-likeness (QED) is 0.331. The molecule has 2 aromatic rings. The van der Waals surface area contributed by atoms with Crippen LogP contribution in [0.4, 0.5) is 0 Å². The third kappa shape index (κ3) is 8.53. The van der Waals surface area contributed by atoms with E-state index in [2.05, 4.69) is 21.3 Å². The molecule has 0 aliphatic carbocycles. The zero-order chi connectivity index (χ0) is 30.1. The summed E-state index contributed by atoms with van der Waals surface area (Å²) in [6, 6.07) is 14.4. The van der Waals surface area contributed by atoms with Gasteiger partial charge in [0, 0.05) is 38.0 Å². The minimum atomic E-state index is -1.25. The second-order valence-corrected chi connectivity index (χ2v) is 11.3.